The first-order valence-corrected chi connectivity index (χ1v) is 12.3. The molecule has 2 heterocycles. The number of thioether (sulfide) groups is 1. The van der Waals surface area contributed by atoms with Crippen LogP contribution >= 0.6 is 11.8 Å². The molecule has 166 valence electrons. The SMILES string of the molecule is CSc1ccc(C2c3cccn3-c3ccccc3CN2C(=O)Nc2cc(C)ccc2C)cc1. The summed E-state index contributed by atoms with van der Waals surface area (Å²) in [5.74, 6) is 0. The van der Waals surface area contributed by atoms with Gasteiger partial charge in [-0.05, 0) is 78.8 Å². The molecule has 5 rings (SSSR count). The van der Waals surface area contributed by atoms with Crippen molar-refractivity contribution in [3.63, 3.8) is 0 Å². The van der Waals surface area contributed by atoms with E-state index in [-0.39, 0.29) is 12.1 Å². The molecular weight excluding hydrogens is 426 g/mol. The van der Waals surface area contributed by atoms with E-state index < -0.39 is 0 Å². The number of carbonyl (C=O) groups is 1. The van der Waals surface area contributed by atoms with E-state index in [4.69, 9.17) is 0 Å². The van der Waals surface area contributed by atoms with Crippen LogP contribution in [0.3, 0.4) is 0 Å². The molecule has 1 aromatic heterocycles. The van der Waals surface area contributed by atoms with Crippen molar-refractivity contribution in [2.24, 2.45) is 0 Å². The van der Waals surface area contributed by atoms with Gasteiger partial charge in [0.25, 0.3) is 0 Å². The molecule has 2 amide bonds. The minimum atomic E-state index is -0.214. The lowest BCUT2D eigenvalue weighted by Crippen LogP contribution is -2.38. The second-order valence-electron chi connectivity index (χ2n) is 8.48. The number of nitrogens with zero attached hydrogens (tertiary/aromatic N) is 2. The Morgan fingerprint density at radius 3 is 2.55 bits per heavy atom. The Bertz CT molecular complexity index is 1310. The predicted octanol–water partition coefficient (Wildman–Crippen LogP) is 6.95. The van der Waals surface area contributed by atoms with Gasteiger partial charge in [-0.25, -0.2) is 4.79 Å². The number of aromatic nitrogens is 1. The quantitative estimate of drug-likeness (QED) is 0.341. The standard InChI is InChI=1S/C28H27N3OS/c1-19-10-11-20(2)24(17-19)29-28(32)31-18-22-7-4-5-8-25(22)30-16-6-9-26(30)27(31)21-12-14-23(33-3)15-13-21/h4-17,27H,18H2,1-3H3,(H,29,32). The maximum atomic E-state index is 13.8. The number of amides is 2. The average Bonchev–Trinajstić information content (AvgIpc) is 3.26. The van der Waals surface area contributed by atoms with Crippen molar-refractivity contribution in [3.05, 3.63) is 113 Å². The molecule has 1 N–H and O–H groups in total. The number of aryl methyl sites for hydroxylation is 2. The first-order chi connectivity index (χ1) is 16.0. The number of rotatable bonds is 3. The maximum absolute atomic E-state index is 13.8. The van der Waals surface area contributed by atoms with Crippen molar-refractivity contribution in [3.8, 4) is 5.69 Å². The Labute approximate surface area is 199 Å². The summed E-state index contributed by atoms with van der Waals surface area (Å²) in [6.07, 6.45) is 4.16. The van der Waals surface area contributed by atoms with E-state index in [0.29, 0.717) is 6.54 Å². The zero-order valence-corrected chi connectivity index (χ0v) is 19.9. The van der Waals surface area contributed by atoms with Crippen LogP contribution in [-0.2, 0) is 6.54 Å². The number of fused-ring (bicyclic) bond motifs is 3. The summed E-state index contributed by atoms with van der Waals surface area (Å²) in [5.41, 5.74) is 7.43. The molecule has 5 heteroatoms. The number of benzene rings is 3. The van der Waals surface area contributed by atoms with Gasteiger partial charge in [-0.3, -0.25) is 0 Å². The lowest BCUT2D eigenvalue weighted by Gasteiger charge is -2.31. The van der Waals surface area contributed by atoms with Gasteiger partial charge >= 0.3 is 6.03 Å². The van der Waals surface area contributed by atoms with Crippen LogP contribution in [0.4, 0.5) is 10.5 Å². The molecular formula is C28H27N3OS. The fourth-order valence-corrected chi connectivity index (χ4v) is 4.94. The Morgan fingerprint density at radius 2 is 1.76 bits per heavy atom. The molecule has 0 saturated heterocycles. The van der Waals surface area contributed by atoms with Gasteiger partial charge in [0.15, 0.2) is 0 Å². The monoisotopic (exact) mass is 453 g/mol. The largest absolute Gasteiger partial charge is 0.322 e. The average molecular weight is 454 g/mol. The molecule has 0 bridgehead atoms. The summed E-state index contributed by atoms with van der Waals surface area (Å²) in [6.45, 7) is 4.58. The second kappa shape index (κ2) is 8.83. The molecule has 0 radical (unpaired) electrons. The second-order valence-corrected chi connectivity index (χ2v) is 9.36. The summed E-state index contributed by atoms with van der Waals surface area (Å²) in [5, 5.41) is 3.20. The van der Waals surface area contributed by atoms with Gasteiger partial charge in [0.05, 0.1) is 18.3 Å². The van der Waals surface area contributed by atoms with E-state index in [2.05, 4.69) is 83.0 Å². The van der Waals surface area contributed by atoms with Crippen LogP contribution in [0.5, 0.6) is 0 Å². The third-order valence-corrected chi connectivity index (χ3v) is 7.03. The number of urea groups is 1. The zero-order chi connectivity index (χ0) is 22.9. The number of anilines is 1. The van der Waals surface area contributed by atoms with Crippen molar-refractivity contribution in [2.45, 2.75) is 31.3 Å². The normalized spacial score (nSPS) is 14.9. The summed E-state index contributed by atoms with van der Waals surface area (Å²) in [4.78, 5) is 17.0. The highest BCUT2D eigenvalue weighted by Crippen LogP contribution is 2.37. The Balaban J connectivity index is 1.63. The van der Waals surface area contributed by atoms with E-state index in [1.807, 2.05) is 36.9 Å². The van der Waals surface area contributed by atoms with E-state index in [1.165, 1.54) is 4.90 Å². The summed E-state index contributed by atoms with van der Waals surface area (Å²) >= 11 is 1.72. The molecule has 3 aromatic carbocycles. The first-order valence-electron chi connectivity index (χ1n) is 11.1. The van der Waals surface area contributed by atoms with E-state index in [9.17, 15) is 4.79 Å². The highest BCUT2D eigenvalue weighted by atomic mass is 32.2. The van der Waals surface area contributed by atoms with Crippen LogP contribution in [0.15, 0.2) is 90.0 Å². The molecule has 1 atom stereocenters. The summed E-state index contributed by atoms with van der Waals surface area (Å²) in [7, 11) is 0. The van der Waals surface area contributed by atoms with Crippen LogP contribution < -0.4 is 5.32 Å². The Kier molecular flexibility index (Phi) is 5.73. The lowest BCUT2D eigenvalue weighted by atomic mass is 10.0. The summed E-state index contributed by atoms with van der Waals surface area (Å²) in [6, 6.07) is 26.9. The van der Waals surface area contributed by atoms with Gasteiger partial charge in [-0.15, -0.1) is 11.8 Å². The number of nitrogens with one attached hydrogen (secondary N) is 1. The topological polar surface area (TPSA) is 37.3 Å². The van der Waals surface area contributed by atoms with Crippen molar-refractivity contribution in [1.29, 1.82) is 0 Å². The minimum Gasteiger partial charge on any atom is -0.318 e. The molecule has 0 aliphatic carbocycles. The predicted molar refractivity (Wildman–Crippen MR) is 136 cm³/mol. The van der Waals surface area contributed by atoms with Crippen LogP contribution in [0.2, 0.25) is 0 Å². The number of para-hydroxylation sites is 1. The van der Waals surface area contributed by atoms with Crippen molar-refractivity contribution < 1.29 is 4.79 Å². The molecule has 33 heavy (non-hydrogen) atoms. The molecule has 0 fully saturated rings. The number of hydrogen-bond acceptors (Lipinski definition) is 2. The van der Waals surface area contributed by atoms with Crippen LogP contribution in [-0.4, -0.2) is 21.8 Å². The first kappa shape index (κ1) is 21.4. The van der Waals surface area contributed by atoms with E-state index in [0.717, 1.165) is 39.3 Å². The van der Waals surface area contributed by atoms with Crippen molar-refractivity contribution >= 4 is 23.5 Å². The fourth-order valence-electron chi connectivity index (χ4n) is 4.53. The molecule has 1 aliphatic rings. The number of hydrogen-bond donors (Lipinski definition) is 1. The smallest absolute Gasteiger partial charge is 0.318 e. The van der Waals surface area contributed by atoms with Gasteiger partial charge in [0, 0.05) is 22.5 Å². The van der Waals surface area contributed by atoms with Crippen LogP contribution in [0.1, 0.15) is 34.0 Å². The number of carbonyl (C=O) groups excluding carboxylic acids is 1. The van der Waals surface area contributed by atoms with Gasteiger partial charge in [-0.2, -0.15) is 0 Å². The van der Waals surface area contributed by atoms with Gasteiger partial charge in [-0.1, -0.05) is 42.5 Å². The minimum absolute atomic E-state index is 0.105. The summed E-state index contributed by atoms with van der Waals surface area (Å²) < 4.78 is 2.22. The van der Waals surface area contributed by atoms with Gasteiger partial charge in [0.2, 0.25) is 0 Å². The van der Waals surface area contributed by atoms with Crippen molar-refractivity contribution in [1.82, 2.24) is 9.47 Å². The lowest BCUT2D eigenvalue weighted by molar-refractivity contribution is 0.194. The van der Waals surface area contributed by atoms with Gasteiger partial charge < -0.3 is 14.8 Å². The Morgan fingerprint density at radius 1 is 0.970 bits per heavy atom. The highest BCUT2D eigenvalue weighted by Gasteiger charge is 2.33. The molecule has 4 aromatic rings. The molecule has 4 nitrogen and oxygen atoms in total. The van der Waals surface area contributed by atoms with Crippen LogP contribution in [0.25, 0.3) is 5.69 Å². The molecule has 1 unspecified atom stereocenters. The van der Waals surface area contributed by atoms with E-state index in [1.54, 1.807) is 11.8 Å². The zero-order valence-electron chi connectivity index (χ0n) is 19.1. The highest BCUT2D eigenvalue weighted by molar-refractivity contribution is 7.98. The van der Waals surface area contributed by atoms with Crippen molar-refractivity contribution in [2.75, 3.05) is 11.6 Å². The third kappa shape index (κ3) is 4.05. The third-order valence-electron chi connectivity index (χ3n) is 6.29. The molecule has 0 spiro atoms. The van der Waals surface area contributed by atoms with Gasteiger partial charge in [0.1, 0.15) is 0 Å². The fraction of sp³-hybridized carbons (Fsp3) is 0.179. The van der Waals surface area contributed by atoms with Crippen LogP contribution in [0, 0.1) is 13.8 Å². The Hall–Kier alpha value is -3.44. The maximum Gasteiger partial charge on any atom is 0.322 e. The molecule has 0 saturated carbocycles. The molecule has 1 aliphatic heterocycles. The van der Waals surface area contributed by atoms with E-state index >= 15 is 0 Å².